The molecule has 0 aromatic heterocycles. The number of amides is 1. The van der Waals surface area contributed by atoms with Gasteiger partial charge in [0.05, 0.1) is 25.4 Å². The minimum Gasteiger partial charge on any atom is -0.394 e. The molecule has 7 atom stereocenters. The summed E-state index contributed by atoms with van der Waals surface area (Å²) in [5, 5.41) is 53.6. The normalized spacial score (nSPS) is 20.8. The molecule has 0 radical (unpaired) electrons. The van der Waals surface area contributed by atoms with Gasteiger partial charge < -0.3 is 40.3 Å². The number of ether oxygens (including phenoxy) is 2. The lowest BCUT2D eigenvalue weighted by atomic mass is 9.99. The molecule has 9 nitrogen and oxygen atoms in total. The smallest absolute Gasteiger partial charge is 0.220 e. The molecule has 360 valence electrons. The molecular weight excluding hydrogens is 779 g/mol. The molecule has 1 amide bonds. The number of carbonyl (C=O) groups is 1. The summed E-state index contributed by atoms with van der Waals surface area (Å²) in [6.45, 7) is 3.50. The Kier molecular flexibility index (Phi) is 40.0. The van der Waals surface area contributed by atoms with E-state index in [9.17, 15) is 30.3 Å². The Bertz CT molecular complexity index is 1150. The van der Waals surface area contributed by atoms with E-state index in [2.05, 4.69) is 67.8 Å². The Morgan fingerprint density at radius 2 is 1.00 bits per heavy atom. The number of nitrogens with one attached hydrogen (secondary N) is 1. The van der Waals surface area contributed by atoms with E-state index < -0.39 is 49.5 Å². The first-order valence-electron chi connectivity index (χ1n) is 25.5. The Balaban J connectivity index is 1.96. The van der Waals surface area contributed by atoms with Crippen LogP contribution in [0.5, 0.6) is 0 Å². The molecule has 0 aromatic carbocycles. The highest BCUT2D eigenvalue weighted by molar-refractivity contribution is 5.76. The largest absolute Gasteiger partial charge is 0.394 e. The van der Waals surface area contributed by atoms with Crippen molar-refractivity contribution in [2.45, 2.75) is 256 Å². The Hall–Kier alpha value is -2.11. The third-order valence-corrected chi connectivity index (χ3v) is 11.8. The molecule has 7 unspecified atom stereocenters. The van der Waals surface area contributed by atoms with Gasteiger partial charge in [0.15, 0.2) is 6.29 Å². The quantitative estimate of drug-likeness (QED) is 0.0262. The van der Waals surface area contributed by atoms with Gasteiger partial charge in [0.1, 0.15) is 24.4 Å². The van der Waals surface area contributed by atoms with Crippen molar-refractivity contribution in [2.75, 3.05) is 13.2 Å². The lowest BCUT2D eigenvalue weighted by molar-refractivity contribution is -0.302. The predicted octanol–water partition coefficient (Wildman–Crippen LogP) is 11.6. The maximum absolute atomic E-state index is 12.8. The molecule has 62 heavy (non-hydrogen) atoms. The average Bonchev–Trinajstić information content (AvgIpc) is 3.27. The topological polar surface area (TPSA) is 149 Å². The third kappa shape index (κ3) is 32.5. The standard InChI is InChI=1S/C53H95NO8/c1-3-5-7-9-10-11-12-13-14-15-16-17-18-19-20-21-22-23-24-25-26-27-28-29-30-31-32-33-34-35-36-37-38-39-41-43-49(57)54-46(47(56)42-40-8-6-4-2)45-61-53-52(60)51(59)50(58)48(44-55)62-53/h5,7,10-11,13-14,16-17,40,42,46-48,50-53,55-56,58-60H,3-4,6,8-9,12,15,18-39,41,43-45H2,1-2H3,(H,54,57)/b7-5-,11-10-,14-13-,17-16-,42-40+. The third-order valence-electron chi connectivity index (χ3n) is 11.8. The summed E-state index contributed by atoms with van der Waals surface area (Å²) in [6.07, 6.45) is 50.9. The maximum atomic E-state index is 12.8. The van der Waals surface area contributed by atoms with Crippen LogP contribution >= 0.6 is 0 Å². The Labute approximate surface area is 379 Å². The molecule has 1 fully saturated rings. The zero-order valence-corrected chi connectivity index (χ0v) is 39.6. The monoisotopic (exact) mass is 874 g/mol. The van der Waals surface area contributed by atoms with Crippen molar-refractivity contribution >= 4 is 5.91 Å². The van der Waals surface area contributed by atoms with E-state index in [1.165, 1.54) is 128 Å². The van der Waals surface area contributed by atoms with Crippen LogP contribution in [-0.4, -0.2) is 87.5 Å². The molecule has 6 N–H and O–H groups in total. The fourth-order valence-corrected chi connectivity index (χ4v) is 7.78. The van der Waals surface area contributed by atoms with E-state index in [1.807, 2.05) is 6.08 Å². The summed E-state index contributed by atoms with van der Waals surface area (Å²) in [7, 11) is 0. The van der Waals surface area contributed by atoms with Crippen LogP contribution in [0, 0.1) is 0 Å². The van der Waals surface area contributed by atoms with Crippen LogP contribution in [0.4, 0.5) is 0 Å². The Morgan fingerprint density at radius 3 is 1.47 bits per heavy atom. The Morgan fingerprint density at radius 1 is 0.565 bits per heavy atom. The molecule has 0 aliphatic carbocycles. The van der Waals surface area contributed by atoms with Crippen molar-refractivity contribution in [3.63, 3.8) is 0 Å². The van der Waals surface area contributed by atoms with Crippen molar-refractivity contribution in [2.24, 2.45) is 0 Å². The number of aliphatic hydroxyl groups is 5. The van der Waals surface area contributed by atoms with Crippen molar-refractivity contribution in [1.29, 1.82) is 0 Å². The zero-order valence-electron chi connectivity index (χ0n) is 39.6. The molecule has 1 aliphatic heterocycles. The van der Waals surface area contributed by atoms with Gasteiger partial charge in [-0.3, -0.25) is 4.79 Å². The first-order valence-corrected chi connectivity index (χ1v) is 25.5. The second-order valence-corrected chi connectivity index (χ2v) is 17.6. The molecule has 1 aliphatic rings. The van der Waals surface area contributed by atoms with E-state index in [0.29, 0.717) is 6.42 Å². The summed E-state index contributed by atoms with van der Waals surface area (Å²) < 4.78 is 11.1. The number of allylic oxidation sites excluding steroid dienone is 9. The second kappa shape index (κ2) is 42.8. The first kappa shape index (κ1) is 57.9. The lowest BCUT2D eigenvalue weighted by Gasteiger charge is -2.40. The molecule has 9 heteroatoms. The minimum absolute atomic E-state index is 0.185. The van der Waals surface area contributed by atoms with E-state index in [1.54, 1.807) is 6.08 Å². The highest BCUT2D eigenvalue weighted by Crippen LogP contribution is 2.23. The van der Waals surface area contributed by atoms with Crippen LogP contribution < -0.4 is 5.32 Å². The van der Waals surface area contributed by atoms with Crippen LogP contribution in [-0.2, 0) is 14.3 Å². The first-order chi connectivity index (χ1) is 30.3. The average molecular weight is 874 g/mol. The molecule has 0 aromatic rings. The highest BCUT2D eigenvalue weighted by Gasteiger charge is 2.44. The van der Waals surface area contributed by atoms with Crippen LogP contribution in [0.15, 0.2) is 60.8 Å². The number of rotatable bonds is 42. The van der Waals surface area contributed by atoms with Gasteiger partial charge in [0.2, 0.25) is 5.91 Å². The summed E-state index contributed by atoms with van der Waals surface area (Å²) in [5.41, 5.74) is 0. The number of unbranched alkanes of at least 4 members (excludes halogenated alkanes) is 24. The molecule has 1 heterocycles. The van der Waals surface area contributed by atoms with Crippen LogP contribution in [0.2, 0.25) is 0 Å². The number of hydrogen-bond donors (Lipinski definition) is 6. The zero-order chi connectivity index (χ0) is 45.1. The summed E-state index contributed by atoms with van der Waals surface area (Å²) in [5.74, 6) is -0.185. The van der Waals surface area contributed by atoms with Gasteiger partial charge in [0, 0.05) is 6.42 Å². The van der Waals surface area contributed by atoms with Crippen LogP contribution in [0.25, 0.3) is 0 Å². The van der Waals surface area contributed by atoms with Gasteiger partial charge in [0.25, 0.3) is 0 Å². The van der Waals surface area contributed by atoms with Crippen molar-refractivity contribution in [3.8, 4) is 0 Å². The summed E-state index contributed by atoms with van der Waals surface area (Å²) >= 11 is 0. The van der Waals surface area contributed by atoms with Crippen LogP contribution in [0.1, 0.15) is 213 Å². The van der Waals surface area contributed by atoms with Gasteiger partial charge in [-0.05, 0) is 51.4 Å². The van der Waals surface area contributed by atoms with Gasteiger partial charge in [-0.15, -0.1) is 0 Å². The molecule has 1 rings (SSSR count). The highest BCUT2D eigenvalue weighted by atomic mass is 16.7. The van der Waals surface area contributed by atoms with Crippen molar-refractivity contribution < 1.29 is 39.8 Å². The summed E-state index contributed by atoms with van der Waals surface area (Å²) in [6, 6.07) is -0.799. The van der Waals surface area contributed by atoms with Gasteiger partial charge in [-0.2, -0.15) is 0 Å². The number of aliphatic hydroxyl groups excluding tert-OH is 5. The fourth-order valence-electron chi connectivity index (χ4n) is 7.78. The van der Waals surface area contributed by atoms with Crippen molar-refractivity contribution in [1.82, 2.24) is 5.32 Å². The van der Waals surface area contributed by atoms with E-state index in [0.717, 1.165) is 64.2 Å². The number of carbonyl (C=O) groups excluding carboxylic acids is 1. The lowest BCUT2D eigenvalue weighted by Crippen LogP contribution is -2.60. The maximum Gasteiger partial charge on any atom is 0.220 e. The predicted molar refractivity (Wildman–Crippen MR) is 258 cm³/mol. The van der Waals surface area contributed by atoms with Gasteiger partial charge in [-0.25, -0.2) is 0 Å². The van der Waals surface area contributed by atoms with Crippen LogP contribution in [0.3, 0.4) is 0 Å². The fraction of sp³-hybridized carbons (Fsp3) is 0.792. The SMILES string of the molecule is CC/C=C\C/C=C\C/C=C\C/C=C\CCCCCCCCCCCCCCCCCCCCCCCCC(=O)NC(COC1OC(CO)C(O)C(O)C1O)C(O)/C=C/CCCC. The summed E-state index contributed by atoms with van der Waals surface area (Å²) in [4.78, 5) is 12.8. The van der Waals surface area contributed by atoms with Gasteiger partial charge >= 0.3 is 0 Å². The molecule has 0 bridgehead atoms. The van der Waals surface area contributed by atoms with E-state index in [4.69, 9.17) is 9.47 Å². The number of hydrogen-bond acceptors (Lipinski definition) is 8. The molecular formula is C53H95NO8. The van der Waals surface area contributed by atoms with Gasteiger partial charge in [-0.1, -0.05) is 216 Å². The molecule has 0 spiro atoms. The second-order valence-electron chi connectivity index (χ2n) is 17.6. The van der Waals surface area contributed by atoms with E-state index >= 15 is 0 Å². The van der Waals surface area contributed by atoms with Crippen molar-refractivity contribution in [3.05, 3.63) is 60.8 Å². The minimum atomic E-state index is -1.56. The molecule has 0 saturated carbocycles. The van der Waals surface area contributed by atoms with E-state index in [-0.39, 0.29) is 12.5 Å². The molecule has 1 saturated heterocycles.